The molecule has 2 fully saturated rings. The Morgan fingerprint density at radius 3 is 2.86 bits per heavy atom. The van der Waals surface area contributed by atoms with Gasteiger partial charge in [0.25, 0.3) is 0 Å². The summed E-state index contributed by atoms with van der Waals surface area (Å²) in [6.45, 7) is 0. The average molecular weight is 299 g/mol. The number of ether oxygens (including phenoxy) is 1. The van der Waals surface area contributed by atoms with Crippen molar-refractivity contribution in [3.05, 3.63) is 42.6 Å². The highest BCUT2D eigenvalue weighted by molar-refractivity contribution is 5.90. The Morgan fingerprint density at radius 2 is 2.09 bits per heavy atom. The second-order valence-electron chi connectivity index (χ2n) is 5.59. The molecule has 2 atom stereocenters. The van der Waals surface area contributed by atoms with Gasteiger partial charge in [-0.25, -0.2) is 14.2 Å². The van der Waals surface area contributed by atoms with Crippen LogP contribution in [0.3, 0.4) is 0 Å². The predicted molar refractivity (Wildman–Crippen MR) is 77.8 cm³/mol. The van der Waals surface area contributed by atoms with Crippen LogP contribution in [0.4, 0.5) is 15.0 Å². The molecule has 1 saturated carbocycles. The minimum atomic E-state index is -0.390. The number of carbonyl (C=O) groups is 1. The minimum absolute atomic E-state index is 0.0126. The lowest BCUT2D eigenvalue weighted by atomic mass is 10.1. The first-order chi connectivity index (χ1) is 10.7. The molecule has 0 spiro atoms. The lowest BCUT2D eigenvalue weighted by molar-refractivity contribution is 0.138. The van der Waals surface area contributed by atoms with Crippen LogP contribution in [0.1, 0.15) is 19.3 Å². The molecular formula is C16H14FN3O2. The maximum atomic E-state index is 13.2. The quantitative estimate of drug-likeness (QED) is 0.854. The van der Waals surface area contributed by atoms with E-state index in [-0.39, 0.29) is 18.2 Å². The van der Waals surface area contributed by atoms with E-state index < -0.39 is 5.82 Å². The number of pyridine rings is 2. The Bertz CT molecular complexity index is 720. The van der Waals surface area contributed by atoms with E-state index in [9.17, 15) is 9.18 Å². The third kappa shape index (κ3) is 2.11. The Balaban J connectivity index is 1.63. The van der Waals surface area contributed by atoms with E-state index in [1.165, 1.54) is 6.07 Å². The fourth-order valence-corrected chi connectivity index (χ4v) is 3.19. The predicted octanol–water partition coefficient (Wildman–Crippen LogP) is 3.16. The van der Waals surface area contributed by atoms with Crippen LogP contribution in [0, 0.1) is 5.82 Å². The molecule has 0 aromatic carbocycles. The summed E-state index contributed by atoms with van der Waals surface area (Å²) < 4.78 is 18.6. The highest BCUT2D eigenvalue weighted by Gasteiger charge is 2.45. The summed E-state index contributed by atoms with van der Waals surface area (Å²) >= 11 is 0. The topological polar surface area (TPSA) is 55.3 Å². The third-order valence-electron chi connectivity index (χ3n) is 4.23. The molecule has 1 aliphatic heterocycles. The van der Waals surface area contributed by atoms with Gasteiger partial charge in [-0.3, -0.25) is 9.88 Å². The van der Waals surface area contributed by atoms with Crippen molar-refractivity contribution in [2.45, 2.75) is 31.4 Å². The first-order valence-electron chi connectivity index (χ1n) is 7.29. The molecule has 3 heterocycles. The van der Waals surface area contributed by atoms with E-state index >= 15 is 0 Å². The third-order valence-corrected chi connectivity index (χ3v) is 4.23. The zero-order chi connectivity index (χ0) is 15.1. The summed E-state index contributed by atoms with van der Waals surface area (Å²) in [6.07, 6.45) is 6.94. The number of aromatic nitrogens is 2. The van der Waals surface area contributed by atoms with Crippen LogP contribution in [0.15, 0.2) is 36.8 Å². The van der Waals surface area contributed by atoms with Gasteiger partial charge >= 0.3 is 6.09 Å². The number of fused-ring (bicyclic) bond motifs is 1. The Hall–Kier alpha value is -2.50. The summed E-state index contributed by atoms with van der Waals surface area (Å²) in [5.74, 6) is 0.186. The fourth-order valence-electron chi connectivity index (χ4n) is 3.19. The van der Waals surface area contributed by atoms with Gasteiger partial charge in [0, 0.05) is 23.5 Å². The fraction of sp³-hybridized carbons (Fsp3) is 0.312. The molecule has 5 nitrogen and oxygen atoms in total. The highest BCUT2D eigenvalue weighted by atomic mass is 19.1. The van der Waals surface area contributed by atoms with Crippen LogP contribution in [-0.4, -0.2) is 28.2 Å². The van der Waals surface area contributed by atoms with Crippen LogP contribution in [-0.2, 0) is 4.74 Å². The van der Waals surface area contributed by atoms with Crippen LogP contribution in [0.2, 0.25) is 0 Å². The van der Waals surface area contributed by atoms with E-state index in [4.69, 9.17) is 4.74 Å². The van der Waals surface area contributed by atoms with Crippen molar-refractivity contribution >= 4 is 11.9 Å². The van der Waals surface area contributed by atoms with Crippen LogP contribution in [0.25, 0.3) is 11.1 Å². The highest BCUT2D eigenvalue weighted by Crippen LogP contribution is 2.36. The average Bonchev–Trinajstić information content (AvgIpc) is 3.07. The molecular weight excluding hydrogens is 285 g/mol. The van der Waals surface area contributed by atoms with Gasteiger partial charge in [0.1, 0.15) is 17.7 Å². The van der Waals surface area contributed by atoms with Crippen molar-refractivity contribution in [1.29, 1.82) is 0 Å². The smallest absolute Gasteiger partial charge is 0.416 e. The second-order valence-corrected chi connectivity index (χ2v) is 5.59. The number of amides is 1. The normalized spacial score (nSPS) is 23.5. The molecule has 22 heavy (non-hydrogen) atoms. The summed E-state index contributed by atoms with van der Waals surface area (Å²) in [5.41, 5.74) is 1.41. The number of hydrogen-bond donors (Lipinski definition) is 0. The molecule has 4 rings (SSSR count). The minimum Gasteiger partial charge on any atom is -0.444 e. The number of carbonyl (C=O) groups excluding carboxylic acids is 1. The molecule has 2 aromatic rings. The van der Waals surface area contributed by atoms with Crippen molar-refractivity contribution in [2.24, 2.45) is 0 Å². The van der Waals surface area contributed by atoms with Crippen molar-refractivity contribution in [3.63, 3.8) is 0 Å². The van der Waals surface area contributed by atoms with Gasteiger partial charge in [-0.05, 0) is 37.5 Å². The maximum Gasteiger partial charge on any atom is 0.416 e. The van der Waals surface area contributed by atoms with Crippen molar-refractivity contribution < 1.29 is 13.9 Å². The lowest BCUT2D eigenvalue weighted by Gasteiger charge is -2.19. The van der Waals surface area contributed by atoms with E-state index in [0.717, 1.165) is 31.0 Å². The molecule has 0 N–H and O–H groups in total. The largest absolute Gasteiger partial charge is 0.444 e. The zero-order valence-electron chi connectivity index (χ0n) is 11.8. The summed E-state index contributed by atoms with van der Waals surface area (Å²) in [7, 11) is 0. The summed E-state index contributed by atoms with van der Waals surface area (Å²) in [4.78, 5) is 21.8. The number of halogens is 1. The Morgan fingerprint density at radius 1 is 1.18 bits per heavy atom. The Kier molecular flexibility index (Phi) is 3.03. The van der Waals surface area contributed by atoms with Gasteiger partial charge in [0.15, 0.2) is 0 Å². The van der Waals surface area contributed by atoms with Crippen LogP contribution in [0.5, 0.6) is 0 Å². The summed E-state index contributed by atoms with van der Waals surface area (Å²) in [6, 6.07) is 5.07. The molecule has 1 aliphatic carbocycles. The molecule has 2 aromatic heterocycles. The number of anilines is 1. The van der Waals surface area contributed by atoms with Gasteiger partial charge in [-0.1, -0.05) is 0 Å². The number of rotatable bonds is 2. The molecule has 112 valence electrons. The van der Waals surface area contributed by atoms with Gasteiger partial charge in [0.2, 0.25) is 0 Å². The molecule has 1 amide bonds. The van der Waals surface area contributed by atoms with Crippen molar-refractivity contribution in [1.82, 2.24) is 9.97 Å². The number of nitrogens with zero attached hydrogens (tertiary/aromatic N) is 3. The zero-order valence-corrected chi connectivity index (χ0v) is 11.8. The van der Waals surface area contributed by atoms with Gasteiger partial charge in [-0.15, -0.1) is 0 Å². The van der Waals surface area contributed by atoms with E-state index in [2.05, 4.69) is 9.97 Å². The molecule has 2 aliphatic rings. The molecule has 0 unspecified atom stereocenters. The standard InChI is InChI=1S/C16H14FN3O2/c17-12-6-11(7-18-9-12)10-4-5-15(19-8-10)20-13-2-1-3-14(13)22-16(20)21/h4-9,13-14H,1-3H2/t13-,14+/m1/s1. The molecule has 0 radical (unpaired) electrons. The van der Waals surface area contributed by atoms with Gasteiger partial charge < -0.3 is 4.74 Å². The van der Waals surface area contributed by atoms with Crippen molar-refractivity contribution in [3.8, 4) is 11.1 Å². The summed E-state index contributed by atoms with van der Waals surface area (Å²) in [5, 5.41) is 0. The first-order valence-corrected chi connectivity index (χ1v) is 7.29. The van der Waals surface area contributed by atoms with Crippen LogP contribution < -0.4 is 4.90 Å². The first kappa shape index (κ1) is 13.2. The lowest BCUT2D eigenvalue weighted by Crippen LogP contribution is -2.34. The van der Waals surface area contributed by atoms with Crippen molar-refractivity contribution in [2.75, 3.05) is 4.90 Å². The SMILES string of the molecule is O=C1O[C@H]2CCC[C@H]2N1c1ccc(-c2cncc(F)c2)cn1. The Labute approximate surface area is 126 Å². The maximum absolute atomic E-state index is 13.2. The van der Waals surface area contributed by atoms with E-state index in [1.807, 2.05) is 6.07 Å². The second kappa shape index (κ2) is 5.05. The molecule has 0 bridgehead atoms. The van der Waals surface area contributed by atoms with Gasteiger partial charge in [-0.2, -0.15) is 0 Å². The molecule has 1 saturated heterocycles. The van der Waals surface area contributed by atoms with E-state index in [1.54, 1.807) is 23.4 Å². The number of hydrogen-bond acceptors (Lipinski definition) is 4. The monoisotopic (exact) mass is 299 g/mol. The molecule has 6 heteroatoms. The van der Waals surface area contributed by atoms with Crippen LogP contribution >= 0.6 is 0 Å². The van der Waals surface area contributed by atoms with Gasteiger partial charge in [0.05, 0.1) is 12.2 Å². The van der Waals surface area contributed by atoms with E-state index in [0.29, 0.717) is 11.4 Å².